The van der Waals surface area contributed by atoms with Crippen molar-refractivity contribution in [1.29, 1.82) is 0 Å². The summed E-state index contributed by atoms with van der Waals surface area (Å²) in [5, 5.41) is 3.56. The van der Waals surface area contributed by atoms with Gasteiger partial charge in [0.05, 0.1) is 25.9 Å². The highest BCUT2D eigenvalue weighted by atomic mass is 16.5. The molecule has 0 spiro atoms. The first-order valence-corrected chi connectivity index (χ1v) is 7.74. The summed E-state index contributed by atoms with van der Waals surface area (Å²) in [6.07, 6.45) is 2.19. The molecule has 0 amide bonds. The highest BCUT2D eigenvalue weighted by Gasteiger charge is 2.12. The van der Waals surface area contributed by atoms with E-state index in [1.54, 1.807) is 0 Å². The van der Waals surface area contributed by atoms with E-state index in [-0.39, 0.29) is 6.04 Å². The van der Waals surface area contributed by atoms with Crippen LogP contribution in [0, 0.1) is 6.92 Å². The van der Waals surface area contributed by atoms with Crippen molar-refractivity contribution in [1.82, 2.24) is 5.32 Å². The number of hydrogen-bond acceptors (Lipinski definition) is 3. The van der Waals surface area contributed by atoms with Gasteiger partial charge in [0.25, 0.3) is 0 Å². The van der Waals surface area contributed by atoms with Gasteiger partial charge in [-0.25, -0.2) is 0 Å². The van der Waals surface area contributed by atoms with E-state index < -0.39 is 0 Å². The van der Waals surface area contributed by atoms with Crippen molar-refractivity contribution in [2.24, 2.45) is 0 Å². The predicted octanol–water partition coefficient (Wildman–Crippen LogP) is 3.48. The first-order valence-electron chi connectivity index (χ1n) is 7.74. The van der Waals surface area contributed by atoms with Gasteiger partial charge in [-0.05, 0) is 37.4 Å². The Balaban J connectivity index is 2.42. The van der Waals surface area contributed by atoms with Crippen LogP contribution in [0.2, 0.25) is 0 Å². The van der Waals surface area contributed by atoms with E-state index in [0.717, 1.165) is 26.0 Å². The lowest BCUT2D eigenvalue weighted by Crippen LogP contribution is -2.27. The molecule has 0 bridgehead atoms. The standard InChI is InChI=1S/C17H29NO2/c1-4-10-18-17(14-20-13-12-19-11-5-2)16-9-7-6-8-15(16)3/h6-9,17-18H,4-5,10-14H2,1-3H3. The van der Waals surface area contributed by atoms with Crippen LogP contribution < -0.4 is 5.32 Å². The van der Waals surface area contributed by atoms with Crippen molar-refractivity contribution in [2.75, 3.05) is 33.0 Å². The molecule has 0 aromatic heterocycles. The van der Waals surface area contributed by atoms with Crippen LogP contribution in [0.4, 0.5) is 0 Å². The van der Waals surface area contributed by atoms with E-state index >= 15 is 0 Å². The summed E-state index contributed by atoms with van der Waals surface area (Å²) in [5.41, 5.74) is 2.64. The molecule has 0 aliphatic rings. The molecule has 0 saturated carbocycles. The Hall–Kier alpha value is -0.900. The molecule has 20 heavy (non-hydrogen) atoms. The van der Waals surface area contributed by atoms with Crippen LogP contribution in [0.25, 0.3) is 0 Å². The lowest BCUT2D eigenvalue weighted by Gasteiger charge is -2.21. The molecule has 1 rings (SSSR count). The normalized spacial score (nSPS) is 12.6. The van der Waals surface area contributed by atoms with Crippen LogP contribution in [0.5, 0.6) is 0 Å². The maximum Gasteiger partial charge on any atom is 0.0701 e. The number of benzene rings is 1. The van der Waals surface area contributed by atoms with E-state index in [1.807, 2.05) is 0 Å². The topological polar surface area (TPSA) is 30.5 Å². The molecule has 1 aromatic rings. The van der Waals surface area contributed by atoms with Gasteiger partial charge in [-0.15, -0.1) is 0 Å². The second-order valence-electron chi connectivity index (χ2n) is 5.05. The molecule has 1 N–H and O–H groups in total. The average molecular weight is 279 g/mol. The summed E-state index contributed by atoms with van der Waals surface area (Å²) in [4.78, 5) is 0. The van der Waals surface area contributed by atoms with E-state index in [2.05, 4.69) is 50.4 Å². The second-order valence-corrected chi connectivity index (χ2v) is 5.05. The van der Waals surface area contributed by atoms with E-state index in [1.165, 1.54) is 11.1 Å². The zero-order valence-electron chi connectivity index (χ0n) is 13.2. The van der Waals surface area contributed by atoms with Crippen molar-refractivity contribution in [2.45, 2.75) is 39.7 Å². The van der Waals surface area contributed by atoms with Crippen molar-refractivity contribution in [3.05, 3.63) is 35.4 Å². The minimum Gasteiger partial charge on any atom is -0.379 e. The first-order chi connectivity index (χ1) is 9.79. The molecule has 0 heterocycles. The van der Waals surface area contributed by atoms with Crippen LogP contribution in [-0.4, -0.2) is 33.0 Å². The third-order valence-electron chi connectivity index (χ3n) is 3.21. The fourth-order valence-corrected chi connectivity index (χ4v) is 2.12. The minimum atomic E-state index is 0.266. The van der Waals surface area contributed by atoms with E-state index in [0.29, 0.717) is 19.8 Å². The van der Waals surface area contributed by atoms with Gasteiger partial charge in [-0.2, -0.15) is 0 Å². The monoisotopic (exact) mass is 279 g/mol. The third kappa shape index (κ3) is 6.51. The maximum atomic E-state index is 5.76. The quantitative estimate of drug-likeness (QED) is 0.629. The van der Waals surface area contributed by atoms with Crippen molar-refractivity contribution in [3.63, 3.8) is 0 Å². The summed E-state index contributed by atoms with van der Waals surface area (Å²) in [6, 6.07) is 8.77. The van der Waals surface area contributed by atoms with Gasteiger partial charge in [0.15, 0.2) is 0 Å². The summed E-state index contributed by atoms with van der Waals surface area (Å²) in [7, 11) is 0. The van der Waals surface area contributed by atoms with E-state index in [9.17, 15) is 0 Å². The SMILES string of the molecule is CCCNC(COCCOCCC)c1ccccc1C. The molecule has 3 nitrogen and oxygen atoms in total. The number of ether oxygens (including phenoxy) is 2. The van der Waals surface area contributed by atoms with Crippen molar-refractivity contribution >= 4 is 0 Å². The van der Waals surface area contributed by atoms with Gasteiger partial charge in [-0.1, -0.05) is 38.1 Å². The average Bonchev–Trinajstić information content (AvgIpc) is 2.47. The lowest BCUT2D eigenvalue weighted by atomic mass is 10.0. The molecular weight excluding hydrogens is 250 g/mol. The molecule has 1 unspecified atom stereocenters. The Morgan fingerprint density at radius 2 is 1.75 bits per heavy atom. The van der Waals surface area contributed by atoms with Crippen LogP contribution in [0.3, 0.4) is 0 Å². The molecule has 0 radical (unpaired) electrons. The van der Waals surface area contributed by atoms with Gasteiger partial charge in [-0.3, -0.25) is 0 Å². The molecular formula is C17H29NO2. The van der Waals surface area contributed by atoms with Crippen LogP contribution in [-0.2, 0) is 9.47 Å². The van der Waals surface area contributed by atoms with Gasteiger partial charge in [0.1, 0.15) is 0 Å². The van der Waals surface area contributed by atoms with Crippen LogP contribution in [0.1, 0.15) is 43.9 Å². The van der Waals surface area contributed by atoms with Crippen LogP contribution in [0.15, 0.2) is 24.3 Å². The lowest BCUT2D eigenvalue weighted by molar-refractivity contribution is 0.0391. The van der Waals surface area contributed by atoms with Gasteiger partial charge >= 0.3 is 0 Å². The summed E-state index contributed by atoms with van der Waals surface area (Å²) < 4.78 is 11.2. The van der Waals surface area contributed by atoms with Crippen molar-refractivity contribution < 1.29 is 9.47 Å². The first kappa shape index (κ1) is 17.2. The molecule has 114 valence electrons. The number of aryl methyl sites for hydroxylation is 1. The molecule has 0 fully saturated rings. The molecule has 0 aliphatic carbocycles. The Labute approximate surface area is 123 Å². The number of rotatable bonds is 11. The Kier molecular flexibility index (Phi) is 9.29. The predicted molar refractivity (Wildman–Crippen MR) is 84.1 cm³/mol. The minimum absolute atomic E-state index is 0.266. The summed E-state index contributed by atoms with van der Waals surface area (Å²) >= 11 is 0. The van der Waals surface area contributed by atoms with Crippen LogP contribution >= 0.6 is 0 Å². The molecule has 0 saturated heterocycles. The highest BCUT2D eigenvalue weighted by Crippen LogP contribution is 2.17. The number of nitrogens with one attached hydrogen (secondary N) is 1. The molecule has 1 atom stereocenters. The fraction of sp³-hybridized carbons (Fsp3) is 0.647. The van der Waals surface area contributed by atoms with Gasteiger partial charge in [0, 0.05) is 6.61 Å². The molecule has 0 aliphatic heterocycles. The Morgan fingerprint density at radius 1 is 1.00 bits per heavy atom. The van der Waals surface area contributed by atoms with Gasteiger partial charge < -0.3 is 14.8 Å². The molecule has 3 heteroatoms. The number of hydrogen-bond donors (Lipinski definition) is 1. The largest absolute Gasteiger partial charge is 0.379 e. The smallest absolute Gasteiger partial charge is 0.0701 e. The molecule has 1 aromatic carbocycles. The maximum absolute atomic E-state index is 5.76. The highest BCUT2D eigenvalue weighted by molar-refractivity contribution is 5.28. The third-order valence-corrected chi connectivity index (χ3v) is 3.21. The zero-order valence-corrected chi connectivity index (χ0v) is 13.2. The van der Waals surface area contributed by atoms with Gasteiger partial charge in [0.2, 0.25) is 0 Å². The Bertz CT molecular complexity index is 355. The Morgan fingerprint density at radius 3 is 2.45 bits per heavy atom. The zero-order chi connectivity index (χ0) is 14.6. The van der Waals surface area contributed by atoms with E-state index in [4.69, 9.17) is 9.47 Å². The summed E-state index contributed by atoms with van der Waals surface area (Å²) in [5.74, 6) is 0. The van der Waals surface area contributed by atoms with Crippen molar-refractivity contribution in [3.8, 4) is 0 Å². The second kappa shape index (κ2) is 10.8. The fourth-order valence-electron chi connectivity index (χ4n) is 2.12. The summed E-state index contributed by atoms with van der Waals surface area (Å²) in [6.45, 7) is 10.3.